The Kier molecular flexibility index (Phi) is 4.18. The number of rotatable bonds is 5. The predicted octanol–water partition coefficient (Wildman–Crippen LogP) is 3.50. The molecule has 1 heterocycles. The molecule has 114 valence electrons. The van der Waals surface area contributed by atoms with Crippen LogP contribution in [-0.4, -0.2) is 24.2 Å². The number of nitrogens with zero attached hydrogens (tertiary/aromatic N) is 1. The molecule has 0 spiro atoms. The van der Waals surface area contributed by atoms with Crippen molar-refractivity contribution in [2.24, 2.45) is 11.8 Å². The SMILES string of the molecule is CC(Cc1ccc2c(c1)CCN2CC1CCCC1)C(=O)O. The zero-order chi connectivity index (χ0) is 14.8. The molecule has 0 saturated heterocycles. The first-order valence-electron chi connectivity index (χ1n) is 8.23. The number of carbonyl (C=O) groups is 1. The standard InChI is InChI=1S/C18H25NO2/c1-13(18(20)21)10-15-6-7-17-16(11-15)8-9-19(17)12-14-4-2-3-5-14/h6-7,11,13-14H,2-5,8-10,12H2,1H3,(H,20,21). The van der Waals surface area contributed by atoms with E-state index in [9.17, 15) is 4.79 Å². The zero-order valence-electron chi connectivity index (χ0n) is 12.8. The Morgan fingerprint density at radius 2 is 2.14 bits per heavy atom. The molecule has 0 radical (unpaired) electrons. The van der Waals surface area contributed by atoms with Crippen LogP contribution in [0.3, 0.4) is 0 Å². The van der Waals surface area contributed by atoms with Gasteiger partial charge in [0.15, 0.2) is 0 Å². The average Bonchev–Trinajstić information content (AvgIpc) is 3.09. The quantitative estimate of drug-likeness (QED) is 0.901. The maximum absolute atomic E-state index is 11.0. The van der Waals surface area contributed by atoms with Gasteiger partial charge in [-0.1, -0.05) is 31.9 Å². The first-order valence-corrected chi connectivity index (χ1v) is 8.23. The Bertz CT molecular complexity index is 520. The number of fused-ring (bicyclic) bond motifs is 1. The molecule has 1 atom stereocenters. The smallest absolute Gasteiger partial charge is 0.306 e. The van der Waals surface area contributed by atoms with Gasteiger partial charge in [0.1, 0.15) is 0 Å². The van der Waals surface area contributed by atoms with Crippen LogP contribution >= 0.6 is 0 Å². The first-order chi connectivity index (χ1) is 10.1. The molecule has 1 unspecified atom stereocenters. The molecule has 2 aliphatic rings. The molecule has 3 heteroatoms. The fourth-order valence-corrected chi connectivity index (χ4v) is 3.79. The molecular formula is C18H25NO2. The van der Waals surface area contributed by atoms with Crippen LogP contribution in [0.5, 0.6) is 0 Å². The van der Waals surface area contributed by atoms with Crippen molar-refractivity contribution in [1.29, 1.82) is 0 Å². The molecule has 1 aliphatic heterocycles. The number of hydrogen-bond acceptors (Lipinski definition) is 2. The molecular weight excluding hydrogens is 262 g/mol. The van der Waals surface area contributed by atoms with E-state index >= 15 is 0 Å². The summed E-state index contributed by atoms with van der Waals surface area (Å²) in [5, 5.41) is 9.03. The number of carboxylic acids is 1. The van der Waals surface area contributed by atoms with E-state index < -0.39 is 5.97 Å². The van der Waals surface area contributed by atoms with Crippen molar-refractivity contribution in [3.63, 3.8) is 0 Å². The predicted molar refractivity (Wildman–Crippen MR) is 84.8 cm³/mol. The lowest BCUT2D eigenvalue weighted by Crippen LogP contribution is -2.26. The van der Waals surface area contributed by atoms with E-state index in [-0.39, 0.29) is 5.92 Å². The minimum absolute atomic E-state index is 0.306. The van der Waals surface area contributed by atoms with Crippen LogP contribution in [0.1, 0.15) is 43.7 Å². The lowest BCUT2D eigenvalue weighted by molar-refractivity contribution is -0.141. The summed E-state index contributed by atoms with van der Waals surface area (Å²) >= 11 is 0. The minimum Gasteiger partial charge on any atom is -0.481 e. The zero-order valence-corrected chi connectivity index (χ0v) is 12.8. The Morgan fingerprint density at radius 1 is 1.38 bits per heavy atom. The summed E-state index contributed by atoms with van der Waals surface area (Å²) in [5.41, 5.74) is 3.95. The van der Waals surface area contributed by atoms with E-state index in [2.05, 4.69) is 23.1 Å². The molecule has 3 rings (SSSR count). The Hall–Kier alpha value is -1.51. The van der Waals surface area contributed by atoms with Crippen molar-refractivity contribution < 1.29 is 9.90 Å². The summed E-state index contributed by atoms with van der Waals surface area (Å²) in [7, 11) is 0. The molecule has 1 aromatic rings. The Morgan fingerprint density at radius 3 is 2.86 bits per heavy atom. The van der Waals surface area contributed by atoms with Crippen LogP contribution in [0, 0.1) is 11.8 Å². The minimum atomic E-state index is -0.710. The van der Waals surface area contributed by atoms with Crippen LogP contribution in [0.4, 0.5) is 5.69 Å². The Labute approximate surface area is 127 Å². The van der Waals surface area contributed by atoms with Gasteiger partial charge in [-0.2, -0.15) is 0 Å². The molecule has 0 bridgehead atoms. The van der Waals surface area contributed by atoms with Crippen molar-refractivity contribution in [2.45, 2.75) is 45.4 Å². The topological polar surface area (TPSA) is 40.5 Å². The van der Waals surface area contributed by atoms with Crippen LogP contribution in [0.25, 0.3) is 0 Å². The lowest BCUT2D eigenvalue weighted by Gasteiger charge is -2.23. The second-order valence-corrected chi connectivity index (χ2v) is 6.75. The summed E-state index contributed by atoms with van der Waals surface area (Å²) in [5.74, 6) is -0.139. The highest BCUT2D eigenvalue weighted by Crippen LogP contribution is 2.33. The number of aliphatic carboxylic acids is 1. The second kappa shape index (κ2) is 6.08. The molecule has 1 saturated carbocycles. The van der Waals surface area contributed by atoms with Crippen LogP contribution in [0.15, 0.2) is 18.2 Å². The molecule has 1 fully saturated rings. The molecule has 0 aromatic heterocycles. The van der Waals surface area contributed by atoms with Crippen LogP contribution < -0.4 is 4.90 Å². The number of hydrogen-bond donors (Lipinski definition) is 1. The van der Waals surface area contributed by atoms with E-state index in [4.69, 9.17) is 5.11 Å². The normalized spacial score (nSPS) is 19.8. The van der Waals surface area contributed by atoms with Gasteiger partial charge in [-0.3, -0.25) is 4.79 Å². The highest BCUT2D eigenvalue weighted by molar-refractivity contribution is 5.70. The summed E-state index contributed by atoms with van der Waals surface area (Å²) in [6.45, 7) is 4.11. The number of anilines is 1. The summed E-state index contributed by atoms with van der Waals surface area (Å²) in [6, 6.07) is 6.55. The van der Waals surface area contributed by atoms with Crippen molar-refractivity contribution in [3.05, 3.63) is 29.3 Å². The monoisotopic (exact) mass is 287 g/mol. The van der Waals surface area contributed by atoms with Gasteiger partial charge in [0.2, 0.25) is 0 Å². The third-order valence-corrected chi connectivity index (χ3v) is 5.05. The lowest BCUT2D eigenvalue weighted by atomic mass is 9.98. The van der Waals surface area contributed by atoms with Gasteiger partial charge in [0.25, 0.3) is 0 Å². The van der Waals surface area contributed by atoms with E-state index in [0.717, 1.165) is 24.4 Å². The largest absolute Gasteiger partial charge is 0.481 e. The third-order valence-electron chi connectivity index (χ3n) is 5.05. The molecule has 1 aliphatic carbocycles. The van der Waals surface area contributed by atoms with Crippen LogP contribution in [-0.2, 0) is 17.6 Å². The molecule has 1 N–H and O–H groups in total. The summed E-state index contributed by atoms with van der Waals surface area (Å²) in [6.07, 6.45) is 7.32. The van der Waals surface area contributed by atoms with Gasteiger partial charge in [0, 0.05) is 18.8 Å². The number of benzene rings is 1. The van der Waals surface area contributed by atoms with Crippen molar-refractivity contribution in [2.75, 3.05) is 18.0 Å². The van der Waals surface area contributed by atoms with Gasteiger partial charge in [0.05, 0.1) is 5.92 Å². The van der Waals surface area contributed by atoms with Gasteiger partial charge < -0.3 is 10.0 Å². The summed E-state index contributed by atoms with van der Waals surface area (Å²) < 4.78 is 0. The van der Waals surface area contributed by atoms with E-state index in [1.54, 1.807) is 6.92 Å². The third kappa shape index (κ3) is 3.22. The van der Waals surface area contributed by atoms with Crippen molar-refractivity contribution >= 4 is 11.7 Å². The average molecular weight is 287 g/mol. The fraction of sp³-hybridized carbons (Fsp3) is 0.611. The van der Waals surface area contributed by atoms with Gasteiger partial charge >= 0.3 is 5.97 Å². The van der Waals surface area contributed by atoms with Crippen molar-refractivity contribution in [3.8, 4) is 0 Å². The molecule has 1 aromatic carbocycles. The Balaban J connectivity index is 1.68. The van der Waals surface area contributed by atoms with Gasteiger partial charge in [-0.05, 0) is 48.8 Å². The molecule has 3 nitrogen and oxygen atoms in total. The highest BCUT2D eigenvalue weighted by Gasteiger charge is 2.24. The molecule has 21 heavy (non-hydrogen) atoms. The highest BCUT2D eigenvalue weighted by atomic mass is 16.4. The van der Waals surface area contributed by atoms with Gasteiger partial charge in [-0.25, -0.2) is 0 Å². The maximum Gasteiger partial charge on any atom is 0.306 e. The first kappa shape index (κ1) is 14.4. The summed E-state index contributed by atoms with van der Waals surface area (Å²) in [4.78, 5) is 13.5. The van der Waals surface area contributed by atoms with Crippen LogP contribution in [0.2, 0.25) is 0 Å². The number of carboxylic acid groups (broad SMARTS) is 1. The second-order valence-electron chi connectivity index (χ2n) is 6.75. The van der Waals surface area contributed by atoms with E-state index in [1.807, 2.05) is 0 Å². The van der Waals surface area contributed by atoms with Gasteiger partial charge in [-0.15, -0.1) is 0 Å². The molecule has 0 amide bonds. The van der Waals surface area contributed by atoms with E-state index in [1.165, 1.54) is 43.5 Å². The fourth-order valence-electron chi connectivity index (χ4n) is 3.79. The van der Waals surface area contributed by atoms with Crippen molar-refractivity contribution in [1.82, 2.24) is 0 Å². The van der Waals surface area contributed by atoms with E-state index in [0.29, 0.717) is 6.42 Å². The maximum atomic E-state index is 11.0.